The fourth-order valence-corrected chi connectivity index (χ4v) is 2.61. The van der Waals surface area contributed by atoms with Crippen LogP contribution >= 0.6 is 0 Å². The van der Waals surface area contributed by atoms with Crippen molar-refractivity contribution in [3.05, 3.63) is 53.7 Å². The Morgan fingerprint density at radius 2 is 1.95 bits per heavy atom. The third-order valence-electron chi connectivity index (χ3n) is 2.42. The van der Waals surface area contributed by atoms with Gasteiger partial charge in [0, 0.05) is 12.3 Å². The maximum atomic E-state index is 13.5. The molecular formula is C12H10F2N2O2S. The second-order valence-electron chi connectivity index (χ2n) is 3.85. The first-order valence-electron chi connectivity index (χ1n) is 5.29. The first-order chi connectivity index (χ1) is 8.90. The van der Waals surface area contributed by atoms with E-state index in [1.807, 2.05) is 0 Å². The summed E-state index contributed by atoms with van der Waals surface area (Å²) in [6.45, 7) is 1.66. The number of benzene rings is 1. The van der Waals surface area contributed by atoms with Gasteiger partial charge in [0.1, 0.15) is 22.3 Å². The third kappa shape index (κ3) is 2.87. The number of nitrogens with one attached hydrogen (secondary N) is 1. The van der Waals surface area contributed by atoms with Crippen LogP contribution < -0.4 is 4.72 Å². The van der Waals surface area contributed by atoms with Crippen molar-refractivity contribution in [2.24, 2.45) is 0 Å². The summed E-state index contributed by atoms with van der Waals surface area (Å²) in [5, 5.41) is 0. The molecule has 0 unspecified atom stereocenters. The number of rotatable bonds is 3. The van der Waals surface area contributed by atoms with Gasteiger partial charge in [-0.2, -0.15) is 0 Å². The Hall–Kier alpha value is -2.02. The molecule has 0 atom stereocenters. The van der Waals surface area contributed by atoms with Gasteiger partial charge in [0.25, 0.3) is 10.0 Å². The van der Waals surface area contributed by atoms with Gasteiger partial charge < -0.3 is 0 Å². The largest absolute Gasteiger partial charge is 0.265 e. The highest BCUT2D eigenvalue weighted by Gasteiger charge is 2.20. The second-order valence-corrected chi connectivity index (χ2v) is 5.50. The number of sulfonamides is 1. The zero-order valence-corrected chi connectivity index (χ0v) is 10.7. The smallest absolute Gasteiger partial charge is 0.263 e. The van der Waals surface area contributed by atoms with Crippen molar-refractivity contribution in [3.8, 4) is 0 Å². The number of aromatic nitrogens is 1. The fourth-order valence-electron chi connectivity index (χ4n) is 1.47. The molecular weight excluding hydrogens is 274 g/mol. The van der Waals surface area contributed by atoms with Gasteiger partial charge in [-0.3, -0.25) is 4.72 Å². The molecule has 1 aromatic carbocycles. The molecule has 2 aromatic rings. The molecule has 0 fully saturated rings. The first kappa shape index (κ1) is 13.4. The van der Waals surface area contributed by atoms with E-state index in [2.05, 4.69) is 9.71 Å². The summed E-state index contributed by atoms with van der Waals surface area (Å²) in [4.78, 5) is 3.22. The van der Waals surface area contributed by atoms with Gasteiger partial charge in [0.05, 0.1) is 0 Å². The van der Waals surface area contributed by atoms with E-state index in [1.54, 1.807) is 19.1 Å². The van der Waals surface area contributed by atoms with Gasteiger partial charge in [0.15, 0.2) is 0 Å². The lowest BCUT2D eigenvalue weighted by Gasteiger charge is -2.09. The number of hydrogen-bond donors (Lipinski definition) is 1. The summed E-state index contributed by atoms with van der Waals surface area (Å²) in [5.74, 6) is -1.89. The van der Waals surface area contributed by atoms with Gasteiger partial charge in [-0.05, 0) is 30.7 Å². The molecule has 4 nitrogen and oxygen atoms in total. The lowest BCUT2D eigenvalue weighted by atomic mass is 10.3. The predicted molar refractivity (Wildman–Crippen MR) is 66.1 cm³/mol. The maximum Gasteiger partial charge on any atom is 0.265 e. The number of pyridine rings is 1. The van der Waals surface area contributed by atoms with E-state index in [0.717, 1.165) is 12.1 Å². The first-order valence-corrected chi connectivity index (χ1v) is 6.78. The van der Waals surface area contributed by atoms with Crippen molar-refractivity contribution in [2.45, 2.75) is 11.8 Å². The van der Waals surface area contributed by atoms with Crippen LogP contribution in [0.15, 0.2) is 41.4 Å². The average Bonchev–Trinajstić information content (AvgIpc) is 2.31. The Morgan fingerprint density at radius 3 is 2.58 bits per heavy atom. The Balaban J connectivity index is 2.41. The maximum absolute atomic E-state index is 13.5. The van der Waals surface area contributed by atoms with E-state index in [0.29, 0.717) is 11.6 Å². The summed E-state index contributed by atoms with van der Waals surface area (Å²) in [6, 6.07) is 5.56. The van der Waals surface area contributed by atoms with Crippen LogP contribution in [0.25, 0.3) is 0 Å². The van der Waals surface area contributed by atoms with Crippen molar-refractivity contribution in [1.29, 1.82) is 0 Å². The Labute approximate surface area is 109 Å². The van der Waals surface area contributed by atoms with Gasteiger partial charge in [-0.1, -0.05) is 6.07 Å². The summed E-state index contributed by atoms with van der Waals surface area (Å²) in [5.41, 5.74) is 0.591. The molecule has 0 aliphatic heterocycles. The highest BCUT2D eigenvalue weighted by Crippen LogP contribution is 2.20. The van der Waals surface area contributed by atoms with Gasteiger partial charge in [-0.15, -0.1) is 0 Å². The minimum Gasteiger partial charge on any atom is -0.263 e. The Bertz CT molecular complexity index is 717. The normalized spacial score (nSPS) is 11.3. The third-order valence-corrected chi connectivity index (χ3v) is 3.80. The molecule has 2 rings (SSSR count). The molecule has 0 spiro atoms. The molecule has 1 heterocycles. The number of hydrogen-bond acceptors (Lipinski definition) is 3. The SMILES string of the molecule is Cc1cccnc1NS(=O)(=O)c1ccc(F)cc1F. The van der Waals surface area contributed by atoms with Crippen molar-refractivity contribution in [2.75, 3.05) is 4.72 Å². The van der Waals surface area contributed by atoms with Crippen molar-refractivity contribution in [3.63, 3.8) is 0 Å². The van der Waals surface area contributed by atoms with Crippen molar-refractivity contribution in [1.82, 2.24) is 4.98 Å². The van der Waals surface area contributed by atoms with Crippen molar-refractivity contribution < 1.29 is 17.2 Å². The van der Waals surface area contributed by atoms with Gasteiger partial charge >= 0.3 is 0 Å². The summed E-state index contributed by atoms with van der Waals surface area (Å²) in [7, 11) is -4.14. The number of anilines is 1. The van der Waals surface area contributed by atoms with Crippen LogP contribution in [-0.2, 0) is 10.0 Å². The fraction of sp³-hybridized carbons (Fsp3) is 0.0833. The standard InChI is InChI=1S/C12H10F2N2O2S/c1-8-3-2-6-15-12(8)16-19(17,18)11-5-4-9(13)7-10(11)14/h2-7H,1H3,(H,15,16). The number of aryl methyl sites for hydroxylation is 1. The molecule has 1 aromatic heterocycles. The van der Waals surface area contributed by atoms with E-state index in [1.165, 1.54) is 6.20 Å². The summed E-state index contributed by atoms with van der Waals surface area (Å²) >= 11 is 0. The predicted octanol–water partition coefficient (Wildman–Crippen LogP) is 2.47. The Kier molecular flexibility index (Phi) is 3.48. The molecule has 0 saturated carbocycles. The molecule has 7 heteroatoms. The second kappa shape index (κ2) is 4.93. The molecule has 0 bridgehead atoms. The van der Waals surface area contributed by atoms with E-state index >= 15 is 0 Å². The van der Waals surface area contributed by atoms with Crippen LogP contribution in [0.5, 0.6) is 0 Å². The molecule has 0 saturated heterocycles. The van der Waals surface area contributed by atoms with Gasteiger partial charge in [-0.25, -0.2) is 22.2 Å². The molecule has 19 heavy (non-hydrogen) atoms. The topological polar surface area (TPSA) is 59.1 Å². The monoisotopic (exact) mass is 284 g/mol. The van der Waals surface area contributed by atoms with Crippen LogP contribution in [0, 0.1) is 18.6 Å². The minimum atomic E-state index is -4.14. The molecule has 100 valence electrons. The molecule has 0 aliphatic carbocycles. The number of halogens is 2. The number of nitrogens with zero attached hydrogens (tertiary/aromatic N) is 1. The van der Waals surface area contributed by atoms with Crippen LogP contribution in [0.1, 0.15) is 5.56 Å². The van der Waals surface area contributed by atoms with E-state index < -0.39 is 26.6 Å². The van der Waals surface area contributed by atoms with E-state index in [4.69, 9.17) is 0 Å². The zero-order valence-electron chi connectivity index (χ0n) is 9.89. The Morgan fingerprint density at radius 1 is 1.21 bits per heavy atom. The van der Waals surface area contributed by atoms with E-state index in [-0.39, 0.29) is 5.82 Å². The quantitative estimate of drug-likeness (QED) is 0.942. The van der Waals surface area contributed by atoms with Crippen LogP contribution in [0.2, 0.25) is 0 Å². The highest BCUT2D eigenvalue weighted by molar-refractivity contribution is 7.92. The minimum absolute atomic E-state index is 0.103. The molecule has 0 aliphatic rings. The lowest BCUT2D eigenvalue weighted by molar-refractivity contribution is 0.551. The van der Waals surface area contributed by atoms with E-state index in [9.17, 15) is 17.2 Å². The van der Waals surface area contributed by atoms with Crippen LogP contribution in [0.3, 0.4) is 0 Å². The summed E-state index contributed by atoms with van der Waals surface area (Å²) < 4.78 is 52.3. The molecule has 0 radical (unpaired) electrons. The zero-order chi connectivity index (χ0) is 14.0. The van der Waals surface area contributed by atoms with Gasteiger partial charge in [0.2, 0.25) is 0 Å². The highest BCUT2D eigenvalue weighted by atomic mass is 32.2. The van der Waals surface area contributed by atoms with Crippen LogP contribution in [0.4, 0.5) is 14.6 Å². The molecule has 1 N–H and O–H groups in total. The average molecular weight is 284 g/mol. The van der Waals surface area contributed by atoms with Crippen molar-refractivity contribution >= 4 is 15.8 Å². The summed E-state index contributed by atoms with van der Waals surface area (Å²) in [6.07, 6.45) is 1.41. The lowest BCUT2D eigenvalue weighted by Crippen LogP contribution is -2.16. The van der Waals surface area contributed by atoms with Crippen LogP contribution in [-0.4, -0.2) is 13.4 Å². The molecule has 0 amide bonds.